The zero-order valence-electron chi connectivity index (χ0n) is 15.4. The Hall–Kier alpha value is -3.32. The Balaban J connectivity index is 1.63. The quantitative estimate of drug-likeness (QED) is 0.629. The number of anilines is 2. The molecule has 0 bridgehead atoms. The summed E-state index contributed by atoms with van der Waals surface area (Å²) in [5, 5.41) is 6.48. The molecule has 2 aromatic carbocycles. The fraction of sp³-hybridized carbons (Fsp3) is 0.150. The number of methoxy groups -OCH3 is 2. The van der Waals surface area contributed by atoms with Crippen LogP contribution < -0.4 is 20.1 Å². The van der Waals surface area contributed by atoms with E-state index in [0.717, 1.165) is 11.3 Å². The van der Waals surface area contributed by atoms with Gasteiger partial charge in [-0.15, -0.1) is 0 Å². The highest BCUT2D eigenvalue weighted by Crippen LogP contribution is 2.30. The van der Waals surface area contributed by atoms with Gasteiger partial charge >= 0.3 is 0 Å². The molecule has 0 fully saturated rings. The van der Waals surface area contributed by atoms with Crippen molar-refractivity contribution in [1.82, 2.24) is 15.3 Å². The van der Waals surface area contributed by atoms with Crippen molar-refractivity contribution in [3.8, 4) is 11.5 Å². The Morgan fingerprint density at radius 3 is 2.50 bits per heavy atom. The standard InChI is InChI=1S/C20H19ClN4O3/c1-27-17-8-7-14(9-18(17)28-2)25-19-12-22-16(11-23-19)20(26)24-10-13-5-3-4-6-15(13)21/h3-9,11-12H,10H2,1-2H3,(H,23,25)(H,24,26). The van der Waals surface area contributed by atoms with E-state index < -0.39 is 0 Å². The number of ether oxygens (including phenoxy) is 2. The number of nitrogens with zero attached hydrogens (tertiary/aromatic N) is 2. The molecular weight excluding hydrogens is 380 g/mol. The van der Waals surface area contributed by atoms with E-state index in [9.17, 15) is 4.79 Å². The van der Waals surface area contributed by atoms with Crippen molar-refractivity contribution in [3.63, 3.8) is 0 Å². The van der Waals surface area contributed by atoms with Gasteiger partial charge in [0.2, 0.25) is 0 Å². The third kappa shape index (κ3) is 4.69. The van der Waals surface area contributed by atoms with Crippen molar-refractivity contribution in [3.05, 3.63) is 71.1 Å². The number of rotatable bonds is 7. The fourth-order valence-corrected chi connectivity index (χ4v) is 2.68. The van der Waals surface area contributed by atoms with Crippen LogP contribution in [0.25, 0.3) is 0 Å². The molecule has 1 aromatic heterocycles. The van der Waals surface area contributed by atoms with Crippen LogP contribution in [0.15, 0.2) is 54.9 Å². The fourth-order valence-electron chi connectivity index (χ4n) is 2.48. The average Bonchev–Trinajstić information content (AvgIpc) is 2.73. The number of carbonyl (C=O) groups is 1. The molecule has 0 unspecified atom stereocenters. The lowest BCUT2D eigenvalue weighted by Crippen LogP contribution is -2.24. The molecule has 0 saturated heterocycles. The molecule has 8 heteroatoms. The average molecular weight is 399 g/mol. The first-order valence-corrected chi connectivity index (χ1v) is 8.81. The molecule has 0 atom stereocenters. The molecule has 0 saturated carbocycles. The summed E-state index contributed by atoms with van der Waals surface area (Å²) in [6.07, 6.45) is 2.89. The Labute approximate surface area is 167 Å². The first-order chi connectivity index (χ1) is 13.6. The lowest BCUT2D eigenvalue weighted by molar-refractivity contribution is 0.0945. The molecule has 28 heavy (non-hydrogen) atoms. The van der Waals surface area contributed by atoms with Gasteiger partial charge in [0.05, 0.1) is 26.6 Å². The van der Waals surface area contributed by atoms with Gasteiger partial charge in [-0.05, 0) is 23.8 Å². The van der Waals surface area contributed by atoms with Crippen molar-refractivity contribution in [2.24, 2.45) is 0 Å². The normalized spacial score (nSPS) is 10.2. The summed E-state index contributed by atoms with van der Waals surface area (Å²) in [7, 11) is 3.14. The molecule has 0 radical (unpaired) electrons. The van der Waals surface area contributed by atoms with E-state index in [2.05, 4.69) is 20.6 Å². The topological polar surface area (TPSA) is 85.4 Å². The summed E-state index contributed by atoms with van der Waals surface area (Å²) in [6.45, 7) is 0.311. The van der Waals surface area contributed by atoms with Crippen molar-refractivity contribution < 1.29 is 14.3 Å². The molecule has 7 nitrogen and oxygen atoms in total. The van der Waals surface area contributed by atoms with Crippen LogP contribution >= 0.6 is 11.6 Å². The smallest absolute Gasteiger partial charge is 0.271 e. The van der Waals surface area contributed by atoms with E-state index in [4.69, 9.17) is 21.1 Å². The first-order valence-electron chi connectivity index (χ1n) is 8.43. The van der Waals surface area contributed by atoms with Gasteiger partial charge < -0.3 is 20.1 Å². The number of carbonyl (C=O) groups excluding carboxylic acids is 1. The second-order valence-corrected chi connectivity index (χ2v) is 6.16. The van der Waals surface area contributed by atoms with Gasteiger partial charge in [0.25, 0.3) is 5.91 Å². The van der Waals surface area contributed by atoms with Gasteiger partial charge in [0.15, 0.2) is 11.5 Å². The van der Waals surface area contributed by atoms with Crippen LogP contribution in [0.1, 0.15) is 16.1 Å². The summed E-state index contributed by atoms with van der Waals surface area (Å²) in [6, 6.07) is 12.7. The molecule has 3 rings (SSSR count). The van der Waals surface area contributed by atoms with Gasteiger partial charge in [0, 0.05) is 23.3 Å². The van der Waals surface area contributed by atoms with Crippen LogP contribution in [-0.4, -0.2) is 30.1 Å². The van der Waals surface area contributed by atoms with Crippen molar-refractivity contribution >= 4 is 29.0 Å². The highest BCUT2D eigenvalue weighted by Gasteiger charge is 2.10. The van der Waals surface area contributed by atoms with Crippen molar-refractivity contribution in [1.29, 1.82) is 0 Å². The number of hydrogen-bond acceptors (Lipinski definition) is 6. The van der Waals surface area contributed by atoms with Gasteiger partial charge in [-0.25, -0.2) is 9.97 Å². The predicted molar refractivity (Wildman–Crippen MR) is 107 cm³/mol. The molecule has 2 N–H and O–H groups in total. The highest BCUT2D eigenvalue weighted by atomic mass is 35.5. The van der Waals surface area contributed by atoms with E-state index in [1.165, 1.54) is 12.4 Å². The monoisotopic (exact) mass is 398 g/mol. The van der Waals surface area contributed by atoms with Crippen LogP contribution in [0.4, 0.5) is 11.5 Å². The van der Waals surface area contributed by atoms with E-state index in [-0.39, 0.29) is 11.6 Å². The lowest BCUT2D eigenvalue weighted by Gasteiger charge is -2.11. The Morgan fingerprint density at radius 2 is 1.82 bits per heavy atom. The van der Waals surface area contributed by atoms with E-state index >= 15 is 0 Å². The van der Waals surface area contributed by atoms with Gasteiger partial charge in [-0.2, -0.15) is 0 Å². The van der Waals surface area contributed by atoms with Crippen molar-refractivity contribution in [2.45, 2.75) is 6.54 Å². The third-order valence-corrected chi connectivity index (χ3v) is 4.31. The number of amides is 1. The highest BCUT2D eigenvalue weighted by molar-refractivity contribution is 6.31. The summed E-state index contributed by atoms with van der Waals surface area (Å²) >= 11 is 6.09. The van der Waals surface area contributed by atoms with Gasteiger partial charge in [-0.1, -0.05) is 29.8 Å². The molecule has 0 aliphatic heterocycles. The number of aromatic nitrogens is 2. The van der Waals surface area contributed by atoms with Gasteiger partial charge in [-0.3, -0.25) is 4.79 Å². The molecule has 3 aromatic rings. The first kappa shape index (κ1) is 19.4. The minimum Gasteiger partial charge on any atom is -0.493 e. The summed E-state index contributed by atoms with van der Waals surface area (Å²) < 4.78 is 10.5. The largest absolute Gasteiger partial charge is 0.493 e. The summed E-state index contributed by atoms with van der Waals surface area (Å²) in [4.78, 5) is 20.6. The molecule has 0 aliphatic rings. The summed E-state index contributed by atoms with van der Waals surface area (Å²) in [5.74, 6) is 1.39. The van der Waals surface area contributed by atoms with Crippen molar-refractivity contribution in [2.75, 3.05) is 19.5 Å². The summed E-state index contributed by atoms with van der Waals surface area (Å²) in [5.41, 5.74) is 1.80. The number of hydrogen-bond donors (Lipinski definition) is 2. The zero-order valence-corrected chi connectivity index (χ0v) is 16.2. The molecule has 1 amide bonds. The van der Waals surface area contributed by atoms with E-state index in [1.807, 2.05) is 24.3 Å². The van der Waals surface area contributed by atoms with Crippen LogP contribution in [0, 0.1) is 0 Å². The molecule has 0 spiro atoms. The Bertz CT molecular complexity index is 964. The minimum absolute atomic E-state index is 0.213. The zero-order chi connectivity index (χ0) is 19.9. The van der Waals surface area contributed by atoms with Crippen LogP contribution in [0.2, 0.25) is 5.02 Å². The second-order valence-electron chi connectivity index (χ2n) is 5.76. The second kappa shape index (κ2) is 9.05. The Kier molecular flexibility index (Phi) is 6.29. The predicted octanol–water partition coefficient (Wildman–Crippen LogP) is 3.82. The van der Waals surface area contributed by atoms with Crippen LogP contribution in [0.5, 0.6) is 11.5 Å². The number of benzene rings is 2. The van der Waals surface area contributed by atoms with Crippen LogP contribution in [0.3, 0.4) is 0 Å². The maximum absolute atomic E-state index is 12.2. The molecule has 1 heterocycles. The van der Waals surface area contributed by atoms with E-state index in [1.54, 1.807) is 32.4 Å². The molecular formula is C20H19ClN4O3. The number of nitrogens with one attached hydrogen (secondary N) is 2. The maximum atomic E-state index is 12.2. The van der Waals surface area contributed by atoms with Gasteiger partial charge in [0.1, 0.15) is 11.5 Å². The SMILES string of the molecule is COc1ccc(Nc2cnc(C(=O)NCc3ccccc3Cl)cn2)cc1OC. The number of halogens is 1. The molecule has 144 valence electrons. The third-order valence-electron chi connectivity index (χ3n) is 3.94. The lowest BCUT2D eigenvalue weighted by atomic mass is 10.2. The molecule has 0 aliphatic carbocycles. The van der Waals surface area contributed by atoms with Crippen LogP contribution in [-0.2, 0) is 6.54 Å². The van der Waals surface area contributed by atoms with E-state index in [0.29, 0.717) is 28.9 Å². The minimum atomic E-state index is -0.329. The maximum Gasteiger partial charge on any atom is 0.271 e. The Morgan fingerprint density at radius 1 is 1.04 bits per heavy atom.